The number of furan rings is 1. The summed E-state index contributed by atoms with van der Waals surface area (Å²) in [5, 5.41) is 6.13. The number of carbonyl (C=O) groups excluding carboxylic acids is 4. The van der Waals surface area contributed by atoms with Crippen LogP contribution in [0.1, 0.15) is 72.6 Å². The van der Waals surface area contributed by atoms with Crippen molar-refractivity contribution in [1.29, 1.82) is 0 Å². The van der Waals surface area contributed by atoms with Crippen LogP contribution in [-0.4, -0.2) is 81.0 Å². The van der Waals surface area contributed by atoms with Gasteiger partial charge in [-0.15, -0.1) is 0 Å². The van der Waals surface area contributed by atoms with Crippen LogP contribution in [0.4, 0.5) is 14.0 Å². The van der Waals surface area contributed by atoms with Crippen LogP contribution in [-0.2, 0) is 19.1 Å². The summed E-state index contributed by atoms with van der Waals surface area (Å²) in [6.45, 7) is 0.986. The Morgan fingerprint density at radius 2 is 1.19 bits per heavy atom. The van der Waals surface area contributed by atoms with Crippen LogP contribution in [0.25, 0.3) is 44.8 Å². The molecule has 0 radical (unpaired) electrons. The highest BCUT2D eigenvalue weighted by molar-refractivity contribution is 5.89. The number of imidazole rings is 2. The number of halogens is 1. The van der Waals surface area contributed by atoms with Gasteiger partial charge in [0.25, 0.3) is 11.8 Å². The fourth-order valence-corrected chi connectivity index (χ4v) is 8.71. The van der Waals surface area contributed by atoms with Crippen molar-refractivity contribution in [2.45, 2.75) is 49.9 Å². The third-order valence-electron chi connectivity index (χ3n) is 11.9. The second kappa shape index (κ2) is 17.9. The van der Waals surface area contributed by atoms with Gasteiger partial charge in [0.15, 0.2) is 0 Å². The number of amides is 4. The molecule has 2 aliphatic rings. The third kappa shape index (κ3) is 8.29. The fraction of sp³-hybridized carbons (Fsp3) is 0.250. The van der Waals surface area contributed by atoms with Crippen LogP contribution in [0.3, 0.4) is 0 Å². The van der Waals surface area contributed by atoms with Crippen LogP contribution in [0, 0.1) is 5.82 Å². The van der Waals surface area contributed by atoms with E-state index in [9.17, 15) is 19.2 Å². The topological polar surface area (TPSA) is 188 Å². The standard InChI is InChI=1S/C48H45FN8O7/c1-62-47(60)54-41(28-11-5-3-6-12-28)45(58)56-21-9-15-37(56)43-50-26-35(52-43)30-18-20-39-32(23-30)25-40(64-39)33-19-17-31(24-34(33)49)36-27-51-44(53-36)38-16-10-22-57(38)46(59)42(55-48(61)63-2)29-13-7-4-8-14-29/h3-8,11-14,17-20,23-27,37-38,41-42H,9-10,15-16,21-22H2,1-2H3,(H,50,52)(H,51,53)(H,54,60)(H,55,61)/t37-,38-,41?,42+/m0/s1. The highest BCUT2D eigenvalue weighted by atomic mass is 19.1. The number of carbonyl (C=O) groups is 4. The first-order chi connectivity index (χ1) is 31.2. The fourth-order valence-electron chi connectivity index (χ4n) is 8.71. The number of ether oxygens (including phenoxy) is 2. The van der Waals surface area contributed by atoms with Crippen molar-refractivity contribution >= 4 is 35.0 Å². The molecule has 2 fully saturated rings. The molecule has 4 amide bonds. The lowest BCUT2D eigenvalue weighted by atomic mass is 10.0. The number of nitrogens with zero attached hydrogens (tertiary/aromatic N) is 4. The van der Waals surface area contributed by atoms with Gasteiger partial charge >= 0.3 is 12.2 Å². The van der Waals surface area contributed by atoms with E-state index in [1.165, 1.54) is 20.3 Å². The van der Waals surface area contributed by atoms with Gasteiger partial charge in [0.2, 0.25) is 0 Å². The minimum atomic E-state index is -0.945. The molecule has 16 heteroatoms. The molecule has 2 aliphatic heterocycles. The molecule has 9 rings (SSSR count). The van der Waals surface area contributed by atoms with Crippen molar-refractivity contribution in [2.24, 2.45) is 0 Å². The van der Waals surface area contributed by atoms with Crippen LogP contribution in [0.15, 0.2) is 120 Å². The van der Waals surface area contributed by atoms with Gasteiger partial charge in [-0.3, -0.25) is 9.59 Å². The summed E-state index contributed by atoms with van der Waals surface area (Å²) in [7, 11) is 2.51. The zero-order valence-corrected chi connectivity index (χ0v) is 35.0. The van der Waals surface area contributed by atoms with Crippen molar-refractivity contribution in [3.05, 3.63) is 144 Å². The Hall–Kier alpha value is -7.75. The van der Waals surface area contributed by atoms with E-state index in [1.54, 1.807) is 76.8 Å². The number of alkyl carbamates (subject to hydrolysis) is 2. The molecule has 326 valence electrons. The van der Waals surface area contributed by atoms with E-state index in [4.69, 9.17) is 13.9 Å². The van der Waals surface area contributed by atoms with Gasteiger partial charge in [-0.1, -0.05) is 66.7 Å². The van der Waals surface area contributed by atoms with Crippen molar-refractivity contribution in [3.63, 3.8) is 0 Å². The molecule has 4 aromatic carbocycles. The van der Waals surface area contributed by atoms with Gasteiger partial charge in [0.05, 0.1) is 55.6 Å². The molecule has 5 heterocycles. The summed E-state index contributed by atoms with van der Waals surface area (Å²) in [5.74, 6) is 0.515. The molecule has 15 nitrogen and oxygen atoms in total. The molecule has 7 aromatic rings. The second-order valence-electron chi connectivity index (χ2n) is 15.8. The predicted octanol–water partition coefficient (Wildman–Crippen LogP) is 8.54. The molecular formula is C48H45FN8O7. The second-order valence-corrected chi connectivity index (χ2v) is 15.8. The predicted molar refractivity (Wildman–Crippen MR) is 234 cm³/mol. The quantitative estimate of drug-likeness (QED) is 0.0988. The van der Waals surface area contributed by atoms with E-state index >= 15 is 4.39 Å². The summed E-state index contributed by atoms with van der Waals surface area (Å²) >= 11 is 0. The molecule has 0 spiro atoms. The lowest BCUT2D eigenvalue weighted by molar-refractivity contribution is -0.135. The normalized spacial score (nSPS) is 17.0. The molecule has 0 bridgehead atoms. The van der Waals surface area contributed by atoms with Gasteiger partial charge < -0.3 is 44.3 Å². The van der Waals surface area contributed by atoms with E-state index in [0.717, 1.165) is 29.5 Å². The van der Waals surface area contributed by atoms with Gasteiger partial charge in [0.1, 0.15) is 40.9 Å². The number of benzene rings is 4. The van der Waals surface area contributed by atoms with Gasteiger partial charge in [-0.2, -0.15) is 0 Å². The number of methoxy groups -OCH3 is 2. The summed E-state index contributed by atoms with van der Waals surface area (Å²) < 4.78 is 31.7. The molecule has 0 saturated carbocycles. The smallest absolute Gasteiger partial charge is 0.407 e. The molecule has 1 unspecified atom stereocenters. The zero-order valence-electron chi connectivity index (χ0n) is 35.0. The molecule has 3 aromatic heterocycles. The Balaban J connectivity index is 0.900. The third-order valence-corrected chi connectivity index (χ3v) is 11.9. The average molecular weight is 865 g/mol. The van der Waals surface area contributed by atoms with Gasteiger partial charge in [-0.05, 0) is 73.2 Å². The number of aromatic nitrogens is 4. The maximum absolute atomic E-state index is 16.0. The number of nitrogens with one attached hydrogen (secondary N) is 4. The van der Waals surface area contributed by atoms with Crippen LogP contribution in [0.5, 0.6) is 0 Å². The molecule has 4 N–H and O–H groups in total. The monoisotopic (exact) mass is 864 g/mol. The SMILES string of the molecule is COC(=O)NC(C(=O)N1CCC[C@H]1c1ncc(-c2ccc3oc(-c4ccc(-c5cnc([C@@H]6CCCN6C(=O)[C@H](NC(=O)OC)c6ccccc6)[nH]5)cc4F)cc3c2)[nH]1)c1ccccc1. The van der Waals surface area contributed by atoms with E-state index in [-0.39, 0.29) is 29.5 Å². The summed E-state index contributed by atoms with van der Waals surface area (Å²) in [6.07, 6.45) is 4.81. The number of likely N-dealkylation sites (tertiary alicyclic amines) is 2. The average Bonchev–Trinajstić information content (AvgIpc) is 4.19. The summed E-state index contributed by atoms with van der Waals surface area (Å²) in [6, 6.07) is 27.8. The number of hydrogen-bond acceptors (Lipinski definition) is 9. The van der Waals surface area contributed by atoms with E-state index in [2.05, 4.69) is 30.6 Å². The molecule has 64 heavy (non-hydrogen) atoms. The minimum Gasteiger partial charge on any atom is -0.456 e. The zero-order chi connectivity index (χ0) is 44.3. The first-order valence-electron chi connectivity index (χ1n) is 21.0. The van der Waals surface area contributed by atoms with Gasteiger partial charge in [-0.25, -0.2) is 23.9 Å². The summed E-state index contributed by atoms with van der Waals surface area (Å²) in [5.41, 5.74) is 4.84. The Morgan fingerprint density at radius 3 is 1.69 bits per heavy atom. The lowest BCUT2D eigenvalue weighted by Crippen LogP contribution is -2.42. The Morgan fingerprint density at radius 1 is 0.688 bits per heavy atom. The number of hydrogen-bond donors (Lipinski definition) is 4. The Labute approximate surface area is 367 Å². The summed E-state index contributed by atoms with van der Waals surface area (Å²) in [4.78, 5) is 71.8. The lowest BCUT2D eigenvalue weighted by Gasteiger charge is -2.28. The molecule has 4 atom stereocenters. The van der Waals surface area contributed by atoms with Crippen molar-refractivity contribution in [3.8, 4) is 33.8 Å². The Kier molecular flexibility index (Phi) is 11.6. The van der Waals surface area contributed by atoms with Gasteiger partial charge in [0, 0.05) is 29.6 Å². The first-order valence-corrected chi connectivity index (χ1v) is 21.0. The van der Waals surface area contributed by atoms with Crippen molar-refractivity contribution in [1.82, 2.24) is 40.4 Å². The highest BCUT2D eigenvalue weighted by Gasteiger charge is 2.38. The van der Waals surface area contributed by atoms with E-state index < -0.39 is 30.1 Å². The highest BCUT2D eigenvalue weighted by Crippen LogP contribution is 2.38. The van der Waals surface area contributed by atoms with Crippen molar-refractivity contribution < 1.29 is 37.5 Å². The Bertz CT molecular complexity index is 2820. The van der Waals surface area contributed by atoms with Crippen LogP contribution in [0.2, 0.25) is 0 Å². The van der Waals surface area contributed by atoms with E-state index in [1.807, 2.05) is 42.5 Å². The van der Waals surface area contributed by atoms with Crippen LogP contribution < -0.4 is 10.6 Å². The van der Waals surface area contributed by atoms with E-state index in [0.29, 0.717) is 71.3 Å². The number of H-pyrrole nitrogens is 2. The largest absolute Gasteiger partial charge is 0.456 e. The first kappa shape index (κ1) is 41.6. The maximum Gasteiger partial charge on any atom is 0.407 e. The number of fused-ring (bicyclic) bond motifs is 1. The van der Waals surface area contributed by atoms with Crippen LogP contribution >= 0.6 is 0 Å². The maximum atomic E-state index is 16.0. The molecule has 0 aliphatic carbocycles. The van der Waals surface area contributed by atoms with Crippen molar-refractivity contribution in [2.75, 3.05) is 27.3 Å². The molecular weight excluding hydrogens is 820 g/mol. The number of aromatic amines is 2. The molecule has 2 saturated heterocycles. The minimum absolute atomic E-state index is 0.256. The number of rotatable bonds is 11.